The van der Waals surface area contributed by atoms with Crippen molar-refractivity contribution in [1.29, 1.82) is 0 Å². The van der Waals surface area contributed by atoms with Crippen LogP contribution in [0.5, 0.6) is 0 Å². The molecule has 10 heteroatoms. The van der Waals surface area contributed by atoms with Crippen LogP contribution in [0.3, 0.4) is 0 Å². The Labute approximate surface area is 150 Å². The van der Waals surface area contributed by atoms with Gasteiger partial charge in [-0.2, -0.15) is 0 Å². The summed E-state index contributed by atoms with van der Waals surface area (Å²) < 4.78 is 1.26. The average Bonchev–Trinajstić information content (AvgIpc) is 2.99. The van der Waals surface area contributed by atoms with Crippen LogP contribution in [-0.4, -0.2) is 38.0 Å². The first-order valence-electron chi connectivity index (χ1n) is 8.13. The number of carbonyl (C=O) groups excluding carboxylic acids is 1. The lowest BCUT2D eigenvalue weighted by atomic mass is 10.1. The first kappa shape index (κ1) is 20.9. The zero-order valence-corrected chi connectivity index (χ0v) is 15.2. The van der Waals surface area contributed by atoms with Gasteiger partial charge in [0.25, 0.3) is 5.56 Å². The molecule has 1 unspecified atom stereocenters. The monoisotopic (exact) mass is 372 g/mol. The normalized spacial score (nSPS) is 12.0. The molecule has 0 radical (unpaired) electrons. The fraction of sp³-hybridized carbons (Fsp3) is 0.600. The largest absolute Gasteiger partial charge is 0.352 e. The molecule has 0 aliphatic carbocycles. The molecule has 1 atom stereocenters. The van der Waals surface area contributed by atoms with Crippen molar-refractivity contribution >= 4 is 29.5 Å². The molecule has 140 valence electrons. The Morgan fingerprint density at radius 3 is 2.72 bits per heavy atom. The zero-order valence-electron chi connectivity index (χ0n) is 14.4. The minimum atomic E-state index is -0.523. The highest BCUT2D eigenvalue weighted by atomic mass is 35.5. The topological polar surface area (TPSA) is 139 Å². The van der Waals surface area contributed by atoms with Crippen LogP contribution in [0, 0.1) is 0 Å². The average molecular weight is 373 g/mol. The summed E-state index contributed by atoms with van der Waals surface area (Å²) >= 11 is 0. The van der Waals surface area contributed by atoms with E-state index in [1.807, 2.05) is 0 Å². The summed E-state index contributed by atoms with van der Waals surface area (Å²) in [5.74, 6) is 0.384. The number of hydrogen-bond acceptors (Lipinski definition) is 5. The van der Waals surface area contributed by atoms with E-state index in [-0.39, 0.29) is 41.9 Å². The minimum absolute atomic E-state index is 0. The first-order chi connectivity index (χ1) is 11.5. The van der Waals surface area contributed by atoms with Gasteiger partial charge in [0.15, 0.2) is 5.65 Å². The third kappa shape index (κ3) is 5.17. The molecule has 0 aliphatic heterocycles. The van der Waals surface area contributed by atoms with Gasteiger partial charge in [0.05, 0.1) is 0 Å². The number of nitrogens with two attached hydrogens (primary N) is 1. The molecule has 0 saturated heterocycles. The Balaban J connectivity index is 0.00000312. The fourth-order valence-corrected chi connectivity index (χ4v) is 2.50. The van der Waals surface area contributed by atoms with Gasteiger partial charge < -0.3 is 16.0 Å². The Hall–Kier alpha value is -2.13. The van der Waals surface area contributed by atoms with Crippen LogP contribution in [0.4, 0.5) is 0 Å². The maximum absolute atomic E-state index is 12.0. The number of rotatable bonds is 8. The highest BCUT2D eigenvalue weighted by Crippen LogP contribution is 2.06. The molecule has 2 aromatic heterocycles. The molecule has 25 heavy (non-hydrogen) atoms. The number of amides is 1. The Morgan fingerprint density at radius 1 is 1.36 bits per heavy atom. The molecule has 2 aromatic rings. The Morgan fingerprint density at radius 2 is 2.08 bits per heavy atom. The second kappa shape index (κ2) is 9.38. The van der Waals surface area contributed by atoms with Crippen LogP contribution in [0.15, 0.2) is 9.59 Å². The van der Waals surface area contributed by atoms with Gasteiger partial charge in [-0.1, -0.05) is 19.8 Å². The van der Waals surface area contributed by atoms with Crippen molar-refractivity contribution in [3.63, 3.8) is 0 Å². The number of nitrogens with one attached hydrogen (secondary N) is 3. The predicted molar refractivity (Wildman–Crippen MR) is 98.0 cm³/mol. The van der Waals surface area contributed by atoms with Gasteiger partial charge >= 0.3 is 5.69 Å². The number of aryl methyl sites for hydroxylation is 2. The van der Waals surface area contributed by atoms with E-state index in [0.29, 0.717) is 18.8 Å². The van der Waals surface area contributed by atoms with Crippen molar-refractivity contribution < 1.29 is 4.79 Å². The molecule has 0 bridgehead atoms. The van der Waals surface area contributed by atoms with Gasteiger partial charge in [-0.25, -0.2) is 9.78 Å². The number of nitrogens with zero attached hydrogens (tertiary/aromatic N) is 2. The van der Waals surface area contributed by atoms with Crippen molar-refractivity contribution in [1.82, 2.24) is 24.8 Å². The number of H-pyrrole nitrogens is 2. The zero-order chi connectivity index (χ0) is 17.7. The summed E-state index contributed by atoms with van der Waals surface area (Å²) in [6.07, 6.45) is 3.51. The number of carbonyl (C=O) groups is 1. The molecule has 0 aliphatic rings. The van der Waals surface area contributed by atoms with Crippen LogP contribution in [-0.2, 0) is 18.3 Å². The summed E-state index contributed by atoms with van der Waals surface area (Å²) in [5.41, 5.74) is 5.14. The molecular formula is C15H25ClN6O3. The third-order valence-electron chi connectivity index (χ3n) is 3.95. The highest BCUT2D eigenvalue weighted by Gasteiger charge is 2.13. The van der Waals surface area contributed by atoms with Gasteiger partial charge in [0.2, 0.25) is 5.91 Å². The van der Waals surface area contributed by atoms with Gasteiger partial charge in [-0.3, -0.25) is 19.1 Å². The predicted octanol–water partition coefficient (Wildman–Crippen LogP) is -0.0620. The van der Waals surface area contributed by atoms with Crippen LogP contribution < -0.4 is 22.3 Å². The van der Waals surface area contributed by atoms with E-state index >= 15 is 0 Å². The molecule has 5 N–H and O–H groups in total. The van der Waals surface area contributed by atoms with E-state index in [9.17, 15) is 14.4 Å². The maximum Gasteiger partial charge on any atom is 0.329 e. The van der Waals surface area contributed by atoms with Gasteiger partial charge in [-0.15, -0.1) is 12.4 Å². The standard InChI is InChI=1S/C15H24N6O3.ClH/c1-3-4-5-9(8-16)17-11(22)7-6-10-18-12-13(19-10)21(2)15(24)20-14(12)23;/h9H,3-8,16H2,1-2H3,(H,17,22)(H,18,19)(H,20,23,24);1H. The number of imidazole rings is 1. The first-order valence-corrected chi connectivity index (χ1v) is 8.13. The van der Waals surface area contributed by atoms with Crippen molar-refractivity contribution in [2.45, 2.75) is 45.1 Å². The SMILES string of the molecule is CCCCC(CN)NC(=O)CCc1nc2c([nH]1)c(=O)[nH]c(=O)n2C.Cl. The van der Waals surface area contributed by atoms with Crippen LogP contribution in [0.25, 0.3) is 11.2 Å². The number of fused-ring (bicyclic) bond motifs is 1. The molecular weight excluding hydrogens is 348 g/mol. The van der Waals surface area contributed by atoms with E-state index < -0.39 is 11.2 Å². The molecule has 0 spiro atoms. The van der Waals surface area contributed by atoms with Crippen molar-refractivity contribution in [2.24, 2.45) is 12.8 Å². The summed E-state index contributed by atoms with van der Waals surface area (Å²) in [5, 5.41) is 2.91. The summed E-state index contributed by atoms with van der Waals surface area (Å²) in [7, 11) is 1.53. The van der Waals surface area contributed by atoms with Gasteiger partial charge in [0, 0.05) is 32.5 Å². The summed E-state index contributed by atoms with van der Waals surface area (Å²) in [6, 6.07) is -0.0169. The molecule has 0 fully saturated rings. The number of halogens is 1. The fourth-order valence-electron chi connectivity index (χ4n) is 2.50. The van der Waals surface area contributed by atoms with Crippen molar-refractivity contribution in [3.05, 3.63) is 26.7 Å². The van der Waals surface area contributed by atoms with E-state index in [2.05, 4.69) is 27.2 Å². The van der Waals surface area contributed by atoms with Crippen LogP contribution in [0.1, 0.15) is 38.4 Å². The lowest BCUT2D eigenvalue weighted by molar-refractivity contribution is -0.121. The van der Waals surface area contributed by atoms with E-state index in [1.54, 1.807) is 0 Å². The number of hydrogen-bond donors (Lipinski definition) is 4. The van der Waals surface area contributed by atoms with Crippen molar-refractivity contribution in [2.75, 3.05) is 6.54 Å². The summed E-state index contributed by atoms with van der Waals surface area (Å²) in [4.78, 5) is 44.6. The molecule has 1 amide bonds. The second-order valence-electron chi connectivity index (χ2n) is 5.84. The number of unbranched alkanes of at least 4 members (excludes halogenated alkanes) is 1. The molecule has 0 aromatic carbocycles. The van der Waals surface area contributed by atoms with Gasteiger partial charge in [0.1, 0.15) is 11.3 Å². The number of aromatic nitrogens is 4. The Bertz CT molecular complexity index is 825. The van der Waals surface area contributed by atoms with E-state index in [1.165, 1.54) is 11.6 Å². The van der Waals surface area contributed by atoms with Crippen LogP contribution in [0.2, 0.25) is 0 Å². The van der Waals surface area contributed by atoms with E-state index in [4.69, 9.17) is 5.73 Å². The highest BCUT2D eigenvalue weighted by molar-refractivity contribution is 5.85. The summed E-state index contributed by atoms with van der Waals surface area (Å²) in [6.45, 7) is 2.50. The quantitative estimate of drug-likeness (QED) is 0.514. The molecule has 0 saturated carbocycles. The lowest BCUT2D eigenvalue weighted by Gasteiger charge is -2.16. The Kier molecular flexibility index (Phi) is 7.85. The minimum Gasteiger partial charge on any atom is -0.352 e. The third-order valence-corrected chi connectivity index (χ3v) is 3.95. The maximum atomic E-state index is 12.0. The lowest BCUT2D eigenvalue weighted by Crippen LogP contribution is -2.40. The van der Waals surface area contributed by atoms with Gasteiger partial charge in [-0.05, 0) is 6.42 Å². The van der Waals surface area contributed by atoms with E-state index in [0.717, 1.165) is 19.3 Å². The number of aromatic amines is 2. The second-order valence-corrected chi connectivity index (χ2v) is 5.84. The van der Waals surface area contributed by atoms with Crippen LogP contribution >= 0.6 is 12.4 Å². The molecule has 2 heterocycles. The molecule has 9 nitrogen and oxygen atoms in total. The molecule has 2 rings (SSSR count). The smallest absolute Gasteiger partial charge is 0.329 e. The van der Waals surface area contributed by atoms with Crippen molar-refractivity contribution in [3.8, 4) is 0 Å².